The van der Waals surface area contributed by atoms with E-state index in [0.717, 1.165) is 17.7 Å². The first-order valence-electron chi connectivity index (χ1n) is 6.57. The van der Waals surface area contributed by atoms with Crippen LogP contribution in [0.5, 0.6) is 0 Å². The molecule has 0 bridgehead atoms. The lowest BCUT2D eigenvalue weighted by molar-refractivity contribution is 0.111. The van der Waals surface area contributed by atoms with Gasteiger partial charge in [0.05, 0.1) is 12.2 Å². The molecule has 0 N–H and O–H groups in total. The number of halogens is 2. The molecule has 0 spiro atoms. The molecular weight excluding hydrogens is 288 g/mol. The van der Waals surface area contributed by atoms with E-state index in [9.17, 15) is 13.6 Å². The van der Waals surface area contributed by atoms with E-state index in [4.69, 9.17) is 0 Å². The molecule has 0 aliphatic heterocycles. The third kappa shape index (κ3) is 2.63. The molecule has 1 aromatic heterocycles. The largest absolute Gasteiger partial charge is 0.296 e. The summed E-state index contributed by atoms with van der Waals surface area (Å²) >= 11 is 0. The van der Waals surface area contributed by atoms with Crippen LogP contribution in [-0.2, 0) is 6.54 Å². The minimum Gasteiger partial charge on any atom is -0.296 e. The minimum absolute atomic E-state index is 0.0851. The van der Waals surface area contributed by atoms with E-state index < -0.39 is 11.6 Å². The van der Waals surface area contributed by atoms with Crippen molar-refractivity contribution in [1.82, 2.24) is 15.0 Å². The van der Waals surface area contributed by atoms with Crippen LogP contribution in [0.1, 0.15) is 16.1 Å². The van der Waals surface area contributed by atoms with Gasteiger partial charge in [0, 0.05) is 5.56 Å². The predicted octanol–water partition coefficient (Wildman–Crippen LogP) is 3.08. The number of nitrogens with zero attached hydrogens (tertiary/aromatic N) is 3. The molecule has 0 saturated heterocycles. The number of benzene rings is 2. The summed E-state index contributed by atoms with van der Waals surface area (Å²) in [6, 6.07) is 12.9. The second-order valence-corrected chi connectivity index (χ2v) is 4.71. The Kier molecular flexibility index (Phi) is 3.74. The number of hydrogen-bond donors (Lipinski definition) is 0. The molecule has 22 heavy (non-hydrogen) atoms. The molecule has 6 heteroatoms. The van der Waals surface area contributed by atoms with Crippen LogP contribution in [0.4, 0.5) is 8.78 Å². The summed E-state index contributed by atoms with van der Waals surface area (Å²) in [5, 5.41) is 7.72. The topological polar surface area (TPSA) is 47.8 Å². The molecule has 3 aromatic rings. The monoisotopic (exact) mass is 299 g/mol. The highest BCUT2D eigenvalue weighted by atomic mass is 19.2. The fourth-order valence-electron chi connectivity index (χ4n) is 2.21. The van der Waals surface area contributed by atoms with Crippen LogP contribution in [0, 0.1) is 11.6 Å². The highest BCUT2D eigenvalue weighted by Gasteiger charge is 2.16. The third-order valence-electron chi connectivity index (χ3n) is 3.24. The van der Waals surface area contributed by atoms with Gasteiger partial charge in [0.15, 0.2) is 23.6 Å². The Labute approximate surface area is 125 Å². The average molecular weight is 299 g/mol. The fourth-order valence-corrected chi connectivity index (χ4v) is 2.21. The standard InChI is InChI=1S/C16H11F2N3O/c17-13-7-6-12(8-14(13)18)16-15(10-22)19-20-21(16)9-11-4-2-1-3-5-11/h1-8,10H,9H2. The molecule has 0 aliphatic carbocycles. The molecule has 4 nitrogen and oxygen atoms in total. The number of carbonyl (C=O) groups is 1. The Balaban J connectivity index is 2.07. The summed E-state index contributed by atoms with van der Waals surface area (Å²) in [6.45, 7) is 0.371. The van der Waals surface area contributed by atoms with Gasteiger partial charge in [-0.05, 0) is 23.8 Å². The molecule has 0 fully saturated rings. The lowest BCUT2D eigenvalue weighted by Crippen LogP contribution is -2.05. The van der Waals surface area contributed by atoms with Crippen molar-refractivity contribution in [1.29, 1.82) is 0 Å². The first kappa shape index (κ1) is 14.1. The number of rotatable bonds is 4. The Bertz CT molecular complexity index is 816. The SMILES string of the molecule is O=Cc1nnn(Cc2ccccc2)c1-c1ccc(F)c(F)c1. The molecule has 1 heterocycles. The van der Waals surface area contributed by atoms with Gasteiger partial charge in [-0.1, -0.05) is 35.5 Å². The normalized spacial score (nSPS) is 10.6. The molecule has 3 rings (SSSR count). The highest BCUT2D eigenvalue weighted by molar-refractivity contribution is 5.83. The smallest absolute Gasteiger partial charge is 0.172 e. The summed E-state index contributed by atoms with van der Waals surface area (Å²) in [5.41, 5.74) is 1.75. The Morgan fingerprint density at radius 2 is 1.82 bits per heavy atom. The van der Waals surface area contributed by atoms with Gasteiger partial charge in [-0.3, -0.25) is 4.79 Å². The van der Waals surface area contributed by atoms with Crippen LogP contribution >= 0.6 is 0 Å². The van der Waals surface area contributed by atoms with Crippen molar-refractivity contribution in [3.8, 4) is 11.3 Å². The van der Waals surface area contributed by atoms with Crippen LogP contribution < -0.4 is 0 Å². The van der Waals surface area contributed by atoms with Gasteiger partial charge < -0.3 is 0 Å². The van der Waals surface area contributed by atoms with Gasteiger partial charge in [-0.25, -0.2) is 13.5 Å². The predicted molar refractivity (Wildman–Crippen MR) is 76.3 cm³/mol. The molecule has 0 atom stereocenters. The zero-order valence-electron chi connectivity index (χ0n) is 11.4. The highest BCUT2D eigenvalue weighted by Crippen LogP contribution is 2.24. The molecule has 2 aromatic carbocycles. The Hall–Kier alpha value is -2.89. The van der Waals surface area contributed by atoms with Crippen molar-refractivity contribution < 1.29 is 13.6 Å². The average Bonchev–Trinajstić information content (AvgIpc) is 2.94. The van der Waals surface area contributed by atoms with Crippen molar-refractivity contribution in [2.45, 2.75) is 6.54 Å². The Morgan fingerprint density at radius 1 is 1.05 bits per heavy atom. The van der Waals surface area contributed by atoms with Crippen molar-refractivity contribution in [3.63, 3.8) is 0 Å². The summed E-state index contributed by atoms with van der Waals surface area (Å²) in [6.07, 6.45) is 0.547. The van der Waals surface area contributed by atoms with Gasteiger partial charge in [0.25, 0.3) is 0 Å². The van der Waals surface area contributed by atoms with Crippen LogP contribution in [0.25, 0.3) is 11.3 Å². The summed E-state index contributed by atoms with van der Waals surface area (Å²) in [5.74, 6) is -1.93. The van der Waals surface area contributed by atoms with E-state index >= 15 is 0 Å². The molecule has 0 amide bonds. The van der Waals surface area contributed by atoms with Crippen LogP contribution in [0.3, 0.4) is 0 Å². The van der Waals surface area contributed by atoms with E-state index in [1.54, 1.807) is 0 Å². The van der Waals surface area contributed by atoms with Crippen molar-refractivity contribution in [2.75, 3.05) is 0 Å². The van der Waals surface area contributed by atoms with Gasteiger partial charge >= 0.3 is 0 Å². The molecular formula is C16H11F2N3O. The molecule has 0 aliphatic rings. The molecule has 110 valence electrons. The van der Waals surface area contributed by atoms with Crippen LogP contribution in [0.15, 0.2) is 48.5 Å². The third-order valence-corrected chi connectivity index (χ3v) is 3.24. The lowest BCUT2D eigenvalue weighted by Gasteiger charge is -2.07. The Morgan fingerprint density at radius 3 is 2.50 bits per heavy atom. The molecule has 0 unspecified atom stereocenters. The van der Waals surface area contributed by atoms with E-state index in [2.05, 4.69) is 10.3 Å². The second kappa shape index (κ2) is 5.85. The van der Waals surface area contributed by atoms with Gasteiger partial charge in [-0.15, -0.1) is 5.10 Å². The second-order valence-electron chi connectivity index (χ2n) is 4.71. The summed E-state index contributed by atoms with van der Waals surface area (Å²) < 4.78 is 28.0. The van der Waals surface area contributed by atoms with E-state index in [0.29, 0.717) is 24.1 Å². The number of hydrogen-bond acceptors (Lipinski definition) is 3. The van der Waals surface area contributed by atoms with Gasteiger partial charge in [-0.2, -0.15) is 0 Å². The first-order chi connectivity index (χ1) is 10.7. The quantitative estimate of drug-likeness (QED) is 0.696. The van der Waals surface area contributed by atoms with E-state index in [-0.39, 0.29) is 5.69 Å². The summed E-state index contributed by atoms with van der Waals surface area (Å²) in [4.78, 5) is 11.1. The molecule has 0 saturated carbocycles. The zero-order chi connectivity index (χ0) is 15.5. The maximum atomic E-state index is 13.5. The lowest BCUT2D eigenvalue weighted by atomic mass is 10.1. The fraction of sp³-hybridized carbons (Fsp3) is 0.0625. The minimum atomic E-state index is -0.984. The van der Waals surface area contributed by atoms with Crippen LogP contribution in [0.2, 0.25) is 0 Å². The zero-order valence-corrected chi connectivity index (χ0v) is 11.4. The van der Waals surface area contributed by atoms with Gasteiger partial charge in [0.1, 0.15) is 0 Å². The summed E-state index contributed by atoms with van der Waals surface area (Å²) in [7, 11) is 0. The maximum absolute atomic E-state index is 13.5. The maximum Gasteiger partial charge on any atom is 0.172 e. The molecule has 0 radical (unpaired) electrons. The van der Waals surface area contributed by atoms with Crippen LogP contribution in [-0.4, -0.2) is 21.3 Å². The van der Waals surface area contributed by atoms with E-state index in [1.165, 1.54) is 10.7 Å². The number of aldehydes is 1. The van der Waals surface area contributed by atoms with Crippen molar-refractivity contribution in [3.05, 3.63) is 71.4 Å². The van der Waals surface area contributed by atoms with Gasteiger partial charge in [0.2, 0.25) is 0 Å². The van der Waals surface area contributed by atoms with Crippen molar-refractivity contribution >= 4 is 6.29 Å². The number of carbonyl (C=O) groups excluding carboxylic acids is 1. The number of aromatic nitrogens is 3. The van der Waals surface area contributed by atoms with E-state index in [1.807, 2.05) is 30.3 Å². The first-order valence-corrected chi connectivity index (χ1v) is 6.57. The van der Waals surface area contributed by atoms with Crippen molar-refractivity contribution in [2.24, 2.45) is 0 Å².